The Balaban J connectivity index is 1.82. The zero-order valence-corrected chi connectivity index (χ0v) is 15.9. The van der Waals surface area contributed by atoms with Gasteiger partial charge in [0, 0.05) is 37.3 Å². The molecule has 7 heteroatoms. The summed E-state index contributed by atoms with van der Waals surface area (Å²) in [5.41, 5.74) is 0.862. The van der Waals surface area contributed by atoms with Gasteiger partial charge in [0.25, 0.3) is 0 Å². The van der Waals surface area contributed by atoms with Crippen LogP contribution in [0.1, 0.15) is 32.6 Å². The summed E-state index contributed by atoms with van der Waals surface area (Å²) in [5.74, 6) is 2.47. The second kappa shape index (κ2) is 10.5. The quantitative estimate of drug-likeness (QED) is 0.357. The van der Waals surface area contributed by atoms with Crippen LogP contribution in [0, 0.1) is 5.92 Å². The highest BCUT2D eigenvalue weighted by atomic mass is 16.5. The Morgan fingerprint density at radius 3 is 2.58 bits per heavy atom. The first-order chi connectivity index (χ1) is 12.7. The fraction of sp³-hybridized carbons (Fsp3) is 0.579. The number of nitrogens with zero attached hydrogens (tertiary/aromatic N) is 1. The van der Waals surface area contributed by atoms with Crippen molar-refractivity contribution in [2.75, 3.05) is 39.2 Å². The maximum absolute atomic E-state index is 11.8. The fourth-order valence-electron chi connectivity index (χ4n) is 2.65. The van der Waals surface area contributed by atoms with Crippen LogP contribution in [0.15, 0.2) is 23.2 Å². The van der Waals surface area contributed by atoms with Crippen LogP contribution in [-0.2, 0) is 4.79 Å². The smallest absolute Gasteiger partial charge is 0.223 e. The third-order valence-corrected chi connectivity index (χ3v) is 4.37. The minimum Gasteiger partial charge on any atom is -0.493 e. The Morgan fingerprint density at radius 1 is 1.19 bits per heavy atom. The van der Waals surface area contributed by atoms with Crippen LogP contribution < -0.4 is 25.4 Å². The van der Waals surface area contributed by atoms with Crippen LogP contribution >= 0.6 is 0 Å². The molecule has 0 radical (unpaired) electrons. The van der Waals surface area contributed by atoms with Crippen molar-refractivity contribution in [3.8, 4) is 11.5 Å². The average Bonchev–Trinajstić information content (AvgIpc) is 2.59. The molecule has 1 amide bonds. The van der Waals surface area contributed by atoms with E-state index in [-0.39, 0.29) is 11.8 Å². The molecule has 0 aromatic heterocycles. The second-order valence-electron chi connectivity index (χ2n) is 6.23. The maximum atomic E-state index is 11.8. The average molecular weight is 362 g/mol. The van der Waals surface area contributed by atoms with Gasteiger partial charge in [0.05, 0.1) is 14.2 Å². The lowest BCUT2D eigenvalue weighted by atomic mass is 9.85. The van der Waals surface area contributed by atoms with Gasteiger partial charge in [0.2, 0.25) is 5.91 Å². The normalized spacial score (nSPS) is 14.3. The molecule has 144 valence electrons. The molecule has 1 fully saturated rings. The Hall–Kier alpha value is -2.44. The summed E-state index contributed by atoms with van der Waals surface area (Å²) in [7, 11) is 3.22. The second-order valence-corrected chi connectivity index (χ2v) is 6.23. The number of nitrogens with one attached hydrogen (secondary N) is 3. The van der Waals surface area contributed by atoms with Crippen molar-refractivity contribution in [3.63, 3.8) is 0 Å². The molecule has 0 heterocycles. The van der Waals surface area contributed by atoms with Crippen LogP contribution in [0.3, 0.4) is 0 Å². The summed E-state index contributed by atoms with van der Waals surface area (Å²) >= 11 is 0. The van der Waals surface area contributed by atoms with E-state index in [0.717, 1.165) is 31.5 Å². The molecule has 1 aliphatic carbocycles. The van der Waals surface area contributed by atoms with E-state index in [9.17, 15) is 4.79 Å². The Kier molecular flexibility index (Phi) is 8.05. The zero-order chi connectivity index (χ0) is 18.8. The summed E-state index contributed by atoms with van der Waals surface area (Å²) in [6.45, 7) is 4.07. The first-order valence-electron chi connectivity index (χ1n) is 9.23. The van der Waals surface area contributed by atoms with Crippen LogP contribution in [0.25, 0.3) is 0 Å². The maximum Gasteiger partial charge on any atom is 0.223 e. The summed E-state index contributed by atoms with van der Waals surface area (Å²) < 4.78 is 10.6. The number of hydrogen-bond donors (Lipinski definition) is 3. The number of rotatable bonds is 9. The van der Waals surface area contributed by atoms with Gasteiger partial charge in [0.1, 0.15) is 0 Å². The number of carbonyl (C=O) groups excluding carboxylic acids is 1. The Morgan fingerprint density at radius 2 is 1.96 bits per heavy atom. The molecule has 3 N–H and O–H groups in total. The number of benzene rings is 1. The number of ether oxygens (including phenoxy) is 2. The van der Waals surface area contributed by atoms with Gasteiger partial charge >= 0.3 is 0 Å². The van der Waals surface area contributed by atoms with Crippen molar-refractivity contribution in [2.24, 2.45) is 10.9 Å². The van der Waals surface area contributed by atoms with Crippen LogP contribution in [-0.4, -0.2) is 45.7 Å². The van der Waals surface area contributed by atoms with E-state index in [0.29, 0.717) is 30.5 Å². The van der Waals surface area contributed by atoms with Gasteiger partial charge in [-0.2, -0.15) is 0 Å². The molecule has 0 aliphatic heterocycles. The standard InChI is InChI=1S/C19H30N4O3/c1-4-20-19(22-12-6-11-21-18(24)14-7-5-8-14)23-15-9-10-16(25-2)17(13-15)26-3/h9-10,13-14H,4-8,11-12H2,1-3H3,(H,21,24)(H2,20,22,23). The summed E-state index contributed by atoms with van der Waals surface area (Å²) in [6.07, 6.45) is 4.05. The third-order valence-electron chi connectivity index (χ3n) is 4.37. The third kappa shape index (κ3) is 5.82. The van der Waals surface area contributed by atoms with Crippen molar-refractivity contribution in [3.05, 3.63) is 18.2 Å². The van der Waals surface area contributed by atoms with Gasteiger partial charge in [0.15, 0.2) is 17.5 Å². The van der Waals surface area contributed by atoms with E-state index in [1.54, 1.807) is 14.2 Å². The van der Waals surface area contributed by atoms with Crippen LogP contribution in [0.2, 0.25) is 0 Å². The van der Waals surface area contributed by atoms with Gasteiger partial charge in [-0.15, -0.1) is 0 Å². The first kappa shape index (κ1) is 19.9. The predicted molar refractivity (Wildman–Crippen MR) is 104 cm³/mol. The number of carbonyl (C=O) groups is 1. The largest absolute Gasteiger partial charge is 0.493 e. The van der Waals surface area contributed by atoms with E-state index in [1.165, 1.54) is 6.42 Å². The van der Waals surface area contributed by atoms with Crippen molar-refractivity contribution in [1.29, 1.82) is 0 Å². The summed E-state index contributed by atoms with van der Waals surface area (Å²) in [5, 5.41) is 9.46. The number of hydrogen-bond acceptors (Lipinski definition) is 4. The zero-order valence-electron chi connectivity index (χ0n) is 15.9. The number of guanidine groups is 1. The molecule has 0 bridgehead atoms. The van der Waals surface area contributed by atoms with Gasteiger partial charge in [-0.1, -0.05) is 6.42 Å². The molecular formula is C19H30N4O3. The van der Waals surface area contributed by atoms with E-state index in [1.807, 2.05) is 25.1 Å². The number of anilines is 1. The lowest BCUT2D eigenvalue weighted by Gasteiger charge is -2.23. The molecule has 26 heavy (non-hydrogen) atoms. The molecular weight excluding hydrogens is 332 g/mol. The predicted octanol–water partition coefficient (Wildman–Crippen LogP) is 2.39. The van der Waals surface area contributed by atoms with E-state index in [2.05, 4.69) is 20.9 Å². The van der Waals surface area contributed by atoms with Crippen LogP contribution in [0.5, 0.6) is 11.5 Å². The van der Waals surface area contributed by atoms with Crippen LogP contribution in [0.4, 0.5) is 5.69 Å². The number of amides is 1. The van der Waals surface area contributed by atoms with Crippen molar-refractivity contribution >= 4 is 17.6 Å². The highest BCUT2D eigenvalue weighted by Gasteiger charge is 2.24. The highest BCUT2D eigenvalue weighted by Crippen LogP contribution is 2.29. The van der Waals surface area contributed by atoms with E-state index < -0.39 is 0 Å². The molecule has 0 unspecified atom stereocenters. The van der Waals surface area contributed by atoms with Gasteiger partial charge in [-0.25, -0.2) is 0 Å². The molecule has 1 aliphatic rings. The van der Waals surface area contributed by atoms with Crippen molar-refractivity contribution in [1.82, 2.24) is 10.6 Å². The minimum absolute atomic E-state index is 0.190. The molecule has 0 saturated heterocycles. The first-order valence-corrected chi connectivity index (χ1v) is 9.23. The highest BCUT2D eigenvalue weighted by molar-refractivity contribution is 5.93. The van der Waals surface area contributed by atoms with E-state index >= 15 is 0 Å². The van der Waals surface area contributed by atoms with Gasteiger partial charge < -0.3 is 25.4 Å². The van der Waals surface area contributed by atoms with Gasteiger partial charge in [-0.3, -0.25) is 9.79 Å². The lowest BCUT2D eigenvalue weighted by Crippen LogP contribution is -2.35. The summed E-state index contributed by atoms with van der Waals surface area (Å²) in [6, 6.07) is 5.62. The van der Waals surface area contributed by atoms with E-state index in [4.69, 9.17) is 9.47 Å². The summed E-state index contributed by atoms with van der Waals surface area (Å²) in [4.78, 5) is 16.3. The SMILES string of the molecule is CCNC(=NCCCNC(=O)C1CCC1)Nc1ccc(OC)c(OC)c1. The monoisotopic (exact) mass is 362 g/mol. The molecule has 1 aromatic carbocycles. The molecule has 1 saturated carbocycles. The Bertz CT molecular complexity index is 615. The molecule has 0 spiro atoms. The minimum atomic E-state index is 0.190. The number of methoxy groups -OCH3 is 2. The molecule has 2 rings (SSSR count). The fourth-order valence-corrected chi connectivity index (χ4v) is 2.65. The van der Waals surface area contributed by atoms with Gasteiger partial charge in [-0.05, 0) is 38.3 Å². The Labute approximate surface area is 155 Å². The lowest BCUT2D eigenvalue weighted by molar-refractivity contribution is -0.127. The molecule has 0 atom stereocenters. The molecule has 1 aromatic rings. The van der Waals surface area contributed by atoms with Crippen molar-refractivity contribution in [2.45, 2.75) is 32.6 Å². The topological polar surface area (TPSA) is 84.0 Å². The number of aliphatic imine (C=N–C) groups is 1. The molecule has 7 nitrogen and oxygen atoms in total. The van der Waals surface area contributed by atoms with Crippen molar-refractivity contribution < 1.29 is 14.3 Å².